The average molecular weight is 470 g/mol. The number of fused-ring (bicyclic) bond motifs is 1. The Morgan fingerprint density at radius 3 is 2.26 bits per heavy atom. The Kier molecular flexibility index (Phi) is 6.56. The SMILES string of the molecule is CC(NC(=O)c1cc2ccc(OC(=O)c3ccc(C(C)(C)C)cc3)cc2oc1=O)c1ccccc1. The van der Waals surface area contributed by atoms with Crippen LogP contribution in [-0.4, -0.2) is 11.9 Å². The lowest BCUT2D eigenvalue weighted by atomic mass is 9.87. The maximum absolute atomic E-state index is 12.7. The van der Waals surface area contributed by atoms with Crippen molar-refractivity contribution in [3.63, 3.8) is 0 Å². The van der Waals surface area contributed by atoms with Gasteiger partial charge in [-0.15, -0.1) is 0 Å². The molecule has 1 amide bonds. The molecule has 4 aromatic rings. The Bertz CT molecular complexity index is 1430. The zero-order valence-corrected chi connectivity index (χ0v) is 20.1. The number of amides is 1. The van der Waals surface area contributed by atoms with Crippen LogP contribution in [0, 0.1) is 0 Å². The second kappa shape index (κ2) is 9.58. The molecule has 0 aliphatic rings. The van der Waals surface area contributed by atoms with Gasteiger partial charge in [-0.05, 0) is 53.8 Å². The van der Waals surface area contributed by atoms with E-state index in [1.165, 1.54) is 12.1 Å². The molecule has 1 N–H and O–H groups in total. The summed E-state index contributed by atoms with van der Waals surface area (Å²) < 4.78 is 10.8. The highest BCUT2D eigenvalue weighted by atomic mass is 16.5. The van der Waals surface area contributed by atoms with E-state index in [0.29, 0.717) is 10.9 Å². The first-order chi connectivity index (χ1) is 16.6. The molecular weight excluding hydrogens is 442 g/mol. The van der Waals surface area contributed by atoms with E-state index < -0.39 is 17.5 Å². The Labute approximate surface area is 203 Å². The van der Waals surface area contributed by atoms with Gasteiger partial charge < -0.3 is 14.5 Å². The van der Waals surface area contributed by atoms with E-state index in [1.807, 2.05) is 49.4 Å². The van der Waals surface area contributed by atoms with Crippen molar-refractivity contribution in [3.05, 3.63) is 112 Å². The standard InChI is InChI=1S/C29H27NO5/c1-18(19-8-6-5-7-9-19)30-26(31)24-16-21-12-15-23(17-25(21)35-28(24)33)34-27(32)20-10-13-22(14-11-20)29(2,3)4/h5-18H,1-4H3,(H,30,31). The zero-order chi connectivity index (χ0) is 25.2. The van der Waals surface area contributed by atoms with Crippen molar-refractivity contribution in [1.29, 1.82) is 0 Å². The third kappa shape index (κ3) is 5.49. The molecule has 178 valence electrons. The van der Waals surface area contributed by atoms with Crippen LogP contribution in [0.5, 0.6) is 5.75 Å². The number of ether oxygens (including phenoxy) is 1. The summed E-state index contributed by atoms with van der Waals surface area (Å²) in [6.45, 7) is 8.14. The Morgan fingerprint density at radius 2 is 1.60 bits per heavy atom. The molecule has 35 heavy (non-hydrogen) atoms. The van der Waals surface area contributed by atoms with E-state index >= 15 is 0 Å². The van der Waals surface area contributed by atoms with Gasteiger partial charge in [-0.25, -0.2) is 9.59 Å². The lowest BCUT2D eigenvalue weighted by Gasteiger charge is -2.18. The predicted molar refractivity (Wildman–Crippen MR) is 135 cm³/mol. The molecular formula is C29H27NO5. The highest BCUT2D eigenvalue weighted by Crippen LogP contribution is 2.24. The van der Waals surface area contributed by atoms with Crippen LogP contribution < -0.4 is 15.7 Å². The van der Waals surface area contributed by atoms with E-state index in [4.69, 9.17) is 9.15 Å². The molecule has 6 heteroatoms. The summed E-state index contributed by atoms with van der Waals surface area (Å²) in [5, 5.41) is 3.36. The molecule has 6 nitrogen and oxygen atoms in total. The highest BCUT2D eigenvalue weighted by Gasteiger charge is 2.18. The molecule has 1 unspecified atom stereocenters. The molecule has 0 fully saturated rings. The van der Waals surface area contributed by atoms with Crippen LogP contribution in [0.15, 0.2) is 88.1 Å². The summed E-state index contributed by atoms with van der Waals surface area (Å²) >= 11 is 0. The Balaban J connectivity index is 1.51. The van der Waals surface area contributed by atoms with Gasteiger partial charge in [0.15, 0.2) is 0 Å². The van der Waals surface area contributed by atoms with Crippen LogP contribution >= 0.6 is 0 Å². The first-order valence-electron chi connectivity index (χ1n) is 11.4. The quantitative estimate of drug-likeness (QED) is 0.227. The predicted octanol–water partition coefficient (Wildman–Crippen LogP) is 5.80. The minimum absolute atomic E-state index is 0.0202. The highest BCUT2D eigenvalue weighted by molar-refractivity contribution is 5.97. The minimum Gasteiger partial charge on any atom is -0.423 e. The first-order valence-corrected chi connectivity index (χ1v) is 11.4. The molecule has 0 aliphatic heterocycles. The summed E-state index contributed by atoms with van der Waals surface area (Å²) in [6, 6.07) is 22.6. The summed E-state index contributed by atoms with van der Waals surface area (Å²) in [5.41, 5.74) is 1.79. The van der Waals surface area contributed by atoms with Crippen molar-refractivity contribution in [2.75, 3.05) is 0 Å². The fourth-order valence-electron chi connectivity index (χ4n) is 3.69. The lowest BCUT2D eigenvalue weighted by molar-refractivity contribution is 0.0734. The first kappa shape index (κ1) is 24.0. The molecule has 0 saturated carbocycles. The van der Waals surface area contributed by atoms with Gasteiger partial charge >= 0.3 is 11.6 Å². The smallest absolute Gasteiger partial charge is 0.349 e. The van der Waals surface area contributed by atoms with Gasteiger partial charge in [-0.3, -0.25) is 4.79 Å². The third-order valence-electron chi connectivity index (χ3n) is 5.80. The van der Waals surface area contributed by atoms with Gasteiger partial charge in [-0.2, -0.15) is 0 Å². The second-order valence-corrected chi connectivity index (χ2v) is 9.47. The number of nitrogens with one attached hydrogen (secondary N) is 1. The van der Waals surface area contributed by atoms with Crippen molar-refractivity contribution in [1.82, 2.24) is 5.32 Å². The number of rotatable bonds is 5. The molecule has 1 atom stereocenters. The number of hydrogen-bond donors (Lipinski definition) is 1. The van der Waals surface area contributed by atoms with Crippen LogP contribution in [0.1, 0.15) is 65.6 Å². The van der Waals surface area contributed by atoms with E-state index in [-0.39, 0.29) is 28.4 Å². The largest absolute Gasteiger partial charge is 0.423 e. The molecule has 4 rings (SSSR count). The fourth-order valence-corrected chi connectivity index (χ4v) is 3.69. The van der Waals surface area contributed by atoms with Crippen LogP contribution in [0.3, 0.4) is 0 Å². The van der Waals surface area contributed by atoms with Gasteiger partial charge in [0.25, 0.3) is 5.91 Å². The molecule has 0 aliphatic carbocycles. The van der Waals surface area contributed by atoms with Crippen LogP contribution in [-0.2, 0) is 5.41 Å². The van der Waals surface area contributed by atoms with Gasteiger partial charge in [-0.1, -0.05) is 63.2 Å². The topological polar surface area (TPSA) is 85.6 Å². The minimum atomic E-state index is -0.767. The number of carbonyl (C=O) groups excluding carboxylic acids is 2. The van der Waals surface area contributed by atoms with Crippen molar-refractivity contribution < 1.29 is 18.7 Å². The van der Waals surface area contributed by atoms with E-state index in [2.05, 4.69) is 26.1 Å². The lowest BCUT2D eigenvalue weighted by Crippen LogP contribution is -2.30. The molecule has 0 saturated heterocycles. The van der Waals surface area contributed by atoms with Crippen molar-refractivity contribution in [2.45, 2.75) is 39.2 Å². The summed E-state index contributed by atoms with van der Waals surface area (Å²) in [6.07, 6.45) is 0. The third-order valence-corrected chi connectivity index (χ3v) is 5.80. The molecule has 0 bridgehead atoms. The number of hydrogen-bond acceptors (Lipinski definition) is 5. The summed E-state index contributed by atoms with van der Waals surface area (Å²) in [4.78, 5) is 37.8. The fraction of sp³-hybridized carbons (Fsp3) is 0.207. The van der Waals surface area contributed by atoms with Crippen molar-refractivity contribution in [3.8, 4) is 5.75 Å². The summed E-state index contributed by atoms with van der Waals surface area (Å²) in [5.74, 6) is -0.801. The monoisotopic (exact) mass is 469 g/mol. The van der Waals surface area contributed by atoms with Crippen molar-refractivity contribution >= 4 is 22.8 Å². The van der Waals surface area contributed by atoms with Gasteiger partial charge in [0, 0.05) is 11.5 Å². The number of esters is 1. The molecule has 1 heterocycles. The summed E-state index contributed by atoms with van der Waals surface area (Å²) in [7, 11) is 0. The van der Waals surface area contributed by atoms with Crippen LogP contribution in [0.2, 0.25) is 0 Å². The average Bonchev–Trinajstić information content (AvgIpc) is 2.83. The van der Waals surface area contributed by atoms with Crippen LogP contribution in [0.4, 0.5) is 0 Å². The van der Waals surface area contributed by atoms with E-state index in [9.17, 15) is 14.4 Å². The molecule has 0 radical (unpaired) electrons. The van der Waals surface area contributed by atoms with Gasteiger partial charge in [0.05, 0.1) is 11.6 Å². The molecule has 0 spiro atoms. The van der Waals surface area contributed by atoms with E-state index in [0.717, 1.165) is 11.1 Å². The van der Waals surface area contributed by atoms with E-state index in [1.54, 1.807) is 24.3 Å². The maximum atomic E-state index is 12.7. The molecule has 1 aromatic heterocycles. The molecule has 3 aromatic carbocycles. The number of carbonyl (C=O) groups is 2. The second-order valence-electron chi connectivity index (χ2n) is 9.47. The number of benzene rings is 3. The van der Waals surface area contributed by atoms with Gasteiger partial charge in [0.1, 0.15) is 16.9 Å². The van der Waals surface area contributed by atoms with Crippen molar-refractivity contribution in [2.24, 2.45) is 0 Å². The zero-order valence-electron chi connectivity index (χ0n) is 20.1. The Hall–Kier alpha value is -4.19. The van der Waals surface area contributed by atoms with Crippen LogP contribution in [0.25, 0.3) is 11.0 Å². The van der Waals surface area contributed by atoms with Gasteiger partial charge in [0.2, 0.25) is 0 Å². The Morgan fingerprint density at radius 1 is 0.914 bits per heavy atom. The maximum Gasteiger partial charge on any atom is 0.349 e. The normalized spacial score (nSPS) is 12.2.